The first kappa shape index (κ1) is 18.4. The smallest absolute Gasteiger partial charge is 0.145 e. The lowest BCUT2D eigenvalue weighted by Crippen LogP contribution is -2.14. The highest BCUT2D eigenvalue weighted by atomic mass is 16.1. The van der Waals surface area contributed by atoms with Crippen LogP contribution in [0.3, 0.4) is 0 Å². The van der Waals surface area contributed by atoms with Gasteiger partial charge in [-0.25, -0.2) is 0 Å². The topological polar surface area (TPSA) is 17.1 Å². The average molecular weight is 266 g/mol. The first-order valence-corrected chi connectivity index (χ1v) is 7.60. The predicted molar refractivity (Wildman–Crippen MR) is 85.2 cm³/mol. The number of hydrogen-bond acceptors (Lipinski definition) is 1. The third kappa shape index (κ3) is 9.92. The van der Waals surface area contributed by atoms with Crippen molar-refractivity contribution >= 4 is 6.29 Å². The maximum atomic E-state index is 11.3. The standard InChI is InChI=1S/C18H34O/c1-14(11-17(3,4)5)9-10-16(13-19)15(2)12-18(6,7)8/h10,13-15H,9,11-12H2,1-8H3/b16-10+/t14-,15+/m1/s1. The van der Waals surface area contributed by atoms with Crippen molar-refractivity contribution in [1.82, 2.24) is 0 Å². The summed E-state index contributed by atoms with van der Waals surface area (Å²) in [7, 11) is 0. The number of allylic oxidation sites excluding steroid dienone is 2. The van der Waals surface area contributed by atoms with Crippen LogP contribution in [0.1, 0.15) is 74.7 Å². The monoisotopic (exact) mass is 266 g/mol. The highest BCUT2D eigenvalue weighted by molar-refractivity contribution is 5.73. The van der Waals surface area contributed by atoms with Crippen molar-refractivity contribution in [1.29, 1.82) is 0 Å². The van der Waals surface area contributed by atoms with Crippen LogP contribution < -0.4 is 0 Å². The summed E-state index contributed by atoms with van der Waals surface area (Å²) in [6.45, 7) is 18.0. The second-order valence-corrected chi connectivity index (χ2v) is 8.59. The Morgan fingerprint density at radius 2 is 1.42 bits per heavy atom. The molecule has 0 bridgehead atoms. The van der Waals surface area contributed by atoms with E-state index < -0.39 is 0 Å². The lowest BCUT2D eigenvalue weighted by molar-refractivity contribution is -0.105. The van der Waals surface area contributed by atoms with Crippen molar-refractivity contribution in [2.75, 3.05) is 0 Å². The van der Waals surface area contributed by atoms with Crippen molar-refractivity contribution in [3.05, 3.63) is 11.6 Å². The molecule has 0 aromatic heterocycles. The van der Waals surface area contributed by atoms with Gasteiger partial charge >= 0.3 is 0 Å². The highest BCUT2D eigenvalue weighted by Gasteiger charge is 2.19. The Kier molecular flexibility index (Phi) is 7.04. The fourth-order valence-electron chi connectivity index (χ4n) is 2.87. The first-order chi connectivity index (χ1) is 8.44. The van der Waals surface area contributed by atoms with Crippen LogP contribution in [0.5, 0.6) is 0 Å². The van der Waals surface area contributed by atoms with E-state index in [1.54, 1.807) is 0 Å². The van der Waals surface area contributed by atoms with E-state index in [4.69, 9.17) is 0 Å². The van der Waals surface area contributed by atoms with Gasteiger partial charge in [-0.15, -0.1) is 0 Å². The second kappa shape index (κ2) is 7.26. The lowest BCUT2D eigenvalue weighted by atomic mass is 9.81. The van der Waals surface area contributed by atoms with Gasteiger partial charge in [0.2, 0.25) is 0 Å². The molecule has 0 spiro atoms. The quantitative estimate of drug-likeness (QED) is 0.448. The molecule has 1 heteroatoms. The molecule has 0 aliphatic carbocycles. The Morgan fingerprint density at radius 3 is 1.79 bits per heavy atom. The molecular formula is C18H34O. The molecule has 2 atom stereocenters. The Labute approximate surface area is 120 Å². The van der Waals surface area contributed by atoms with Gasteiger partial charge in [0, 0.05) is 0 Å². The molecule has 0 heterocycles. The molecular weight excluding hydrogens is 232 g/mol. The van der Waals surface area contributed by atoms with Gasteiger partial charge in [0.1, 0.15) is 6.29 Å². The lowest BCUT2D eigenvalue weighted by Gasteiger charge is -2.24. The van der Waals surface area contributed by atoms with Crippen molar-refractivity contribution in [2.45, 2.75) is 74.7 Å². The Morgan fingerprint density at radius 1 is 0.947 bits per heavy atom. The third-order valence-electron chi connectivity index (χ3n) is 3.34. The number of hydrogen-bond donors (Lipinski definition) is 0. The summed E-state index contributed by atoms with van der Waals surface area (Å²) in [5.74, 6) is 0.996. The van der Waals surface area contributed by atoms with E-state index in [-0.39, 0.29) is 5.41 Å². The normalized spacial score (nSPS) is 17.2. The summed E-state index contributed by atoms with van der Waals surface area (Å²) in [6, 6.07) is 0. The van der Waals surface area contributed by atoms with Gasteiger partial charge in [0.05, 0.1) is 0 Å². The Bertz CT molecular complexity index is 299. The fraction of sp³-hybridized carbons (Fsp3) is 0.833. The van der Waals surface area contributed by atoms with Gasteiger partial charge in [0.25, 0.3) is 0 Å². The molecule has 0 unspecified atom stereocenters. The summed E-state index contributed by atoms with van der Waals surface area (Å²) in [6.07, 6.45) is 6.49. The SMILES string of the molecule is C[C@H](C/C=C(\C=O)[C@@H](C)CC(C)(C)C)CC(C)(C)C. The van der Waals surface area contributed by atoms with Gasteiger partial charge < -0.3 is 0 Å². The largest absolute Gasteiger partial charge is 0.298 e. The number of aldehydes is 1. The summed E-state index contributed by atoms with van der Waals surface area (Å²) in [4.78, 5) is 11.3. The Balaban J connectivity index is 4.52. The van der Waals surface area contributed by atoms with Crippen LogP contribution in [0.4, 0.5) is 0 Å². The zero-order valence-corrected chi connectivity index (χ0v) is 14.3. The molecule has 0 amide bonds. The van der Waals surface area contributed by atoms with Gasteiger partial charge in [-0.1, -0.05) is 61.5 Å². The minimum atomic E-state index is 0.276. The van der Waals surface area contributed by atoms with Crippen LogP contribution in [0.15, 0.2) is 11.6 Å². The van der Waals surface area contributed by atoms with Crippen LogP contribution in [-0.4, -0.2) is 6.29 Å². The molecule has 19 heavy (non-hydrogen) atoms. The van der Waals surface area contributed by atoms with Crippen LogP contribution in [0.2, 0.25) is 0 Å². The van der Waals surface area contributed by atoms with E-state index in [9.17, 15) is 4.79 Å². The minimum absolute atomic E-state index is 0.276. The molecule has 0 aromatic rings. The number of rotatable bonds is 6. The van der Waals surface area contributed by atoms with E-state index in [1.165, 1.54) is 6.42 Å². The molecule has 0 radical (unpaired) electrons. The molecule has 0 N–H and O–H groups in total. The molecule has 0 aliphatic heterocycles. The molecule has 0 aliphatic rings. The maximum absolute atomic E-state index is 11.3. The van der Waals surface area contributed by atoms with E-state index >= 15 is 0 Å². The van der Waals surface area contributed by atoms with Crippen LogP contribution in [0.25, 0.3) is 0 Å². The molecule has 0 saturated heterocycles. The van der Waals surface area contributed by atoms with E-state index in [0.717, 1.165) is 24.7 Å². The van der Waals surface area contributed by atoms with Crippen molar-refractivity contribution in [3.63, 3.8) is 0 Å². The summed E-state index contributed by atoms with van der Waals surface area (Å²) >= 11 is 0. The number of carbonyl (C=O) groups is 1. The second-order valence-electron chi connectivity index (χ2n) is 8.59. The molecule has 112 valence electrons. The van der Waals surface area contributed by atoms with Crippen LogP contribution in [0, 0.1) is 22.7 Å². The minimum Gasteiger partial charge on any atom is -0.298 e. The molecule has 0 rings (SSSR count). The fourth-order valence-corrected chi connectivity index (χ4v) is 2.87. The van der Waals surface area contributed by atoms with Gasteiger partial charge in [0.15, 0.2) is 0 Å². The van der Waals surface area contributed by atoms with Crippen LogP contribution in [-0.2, 0) is 4.79 Å². The Hall–Kier alpha value is -0.590. The molecule has 0 aromatic carbocycles. The molecule has 0 fully saturated rings. The van der Waals surface area contributed by atoms with E-state index in [2.05, 4.69) is 61.5 Å². The highest BCUT2D eigenvalue weighted by Crippen LogP contribution is 2.30. The van der Waals surface area contributed by atoms with Gasteiger partial charge in [-0.05, 0) is 47.5 Å². The van der Waals surface area contributed by atoms with Crippen molar-refractivity contribution in [2.24, 2.45) is 22.7 Å². The first-order valence-electron chi connectivity index (χ1n) is 7.60. The van der Waals surface area contributed by atoms with Crippen molar-refractivity contribution < 1.29 is 4.79 Å². The molecule has 0 saturated carbocycles. The summed E-state index contributed by atoms with van der Waals surface area (Å²) in [5, 5.41) is 0. The summed E-state index contributed by atoms with van der Waals surface area (Å²) in [5.41, 5.74) is 1.63. The van der Waals surface area contributed by atoms with E-state index in [0.29, 0.717) is 17.3 Å². The third-order valence-corrected chi connectivity index (χ3v) is 3.34. The van der Waals surface area contributed by atoms with E-state index in [1.807, 2.05) is 0 Å². The zero-order chi connectivity index (χ0) is 15.3. The zero-order valence-electron chi connectivity index (χ0n) is 14.3. The molecule has 1 nitrogen and oxygen atoms in total. The van der Waals surface area contributed by atoms with Gasteiger partial charge in [-0.2, -0.15) is 0 Å². The van der Waals surface area contributed by atoms with Gasteiger partial charge in [-0.3, -0.25) is 4.79 Å². The van der Waals surface area contributed by atoms with Crippen LogP contribution >= 0.6 is 0 Å². The number of carbonyl (C=O) groups excluding carboxylic acids is 1. The average Bonchev–Trinajstić information content (AvgIpc) is 2.12. The summed E-state index contributed by atoms with van der Waals surface area (Å²) < 4.78 is 0. The predicted octanol–water partition coefficient (Wildman–Crippen LogP) is 5.65. The maximum Gasteiger partial charge on any atom is 0.145 e. The van der Waals surface area contributed by atoms with Crippen molar-refractivity contribution in [3.8, 4) is 0 Å².